The molecule has 6 nitrogen and oxygen atoms in total. The van der Waals surface area contributed by atoms with E-state index < -0.39 is 10.0 Å². The van der Waals surface area contributed by atoms with Crippen LogP contribution in [0.25, 0.3) is 0 Å². The summed E-state index contributed by atoms with van der Waals surface area (Å²) in [6.45, 7) is 3.38. The molecule has 0 radical (unpaired) electrons. The molecule has 0 unspecified atom stereocenters. The smallest absolute Gasteiger partial charge is 0.251 e. The number of carbonyl (C=O) groups excluding carboxylic acids is 1. The average Bonchev–Trinajstić information content (AvgIpc) is 2.81. The third-order valence-electron chi connectivity index (χ3n) is 5.48. The molecular formula is C25H26N2O4S. The van der Waals surface area contributed by atoms with E-state index in [9.17, 15) is 13.2 Å². The van der Waals surface area contributed by atoms with Crippen LogP contribution in [0.15, 0.2) is 77.7 Å². The van der Waals surface area contributed by atoms with Crippen molar-refractivity contribution < 1.29 is 17.9 Å². The highest BCUT2D eigenvalue weighted by atomic mass is 32.2. The van der Waals surface area contributed by atoms with Crippen LogP contribution in [0.5, 0.6) is 5.75 Å². The molecule has 1 heterocycles. The summed E-state index contributed by atoms with van der Waals surface area (Å²) in [4.78, 5) is 12.7. The largest absolute Gasteiger partial charge is 0.492 e. The molecule has 0 bridgehead atoms. The molecule has 0 saturated carbocycles. The molecule has 166 valence electrons. The van der Waals surface area contributed by atoms with Crippen LogP contribution in [-0.2, 0) is 23.0 Å². The molecule has 1 aliphatic heterocycles. The molecule has 1 amide bonds. The van der Waals surface area contributed by atoms with Gasteiger partial charge in [0, 0.05) is 18.7 Å². The maximum atomic E-state index is 13.2. The number of ether oxygens (including phenoxy) is 1. The minimum Gasteiger partial charge on any atom is -0.492 e. The van der Waals surface area contributed by atoms with Gasteiger partial charge in [0.15, 0.2) is 0 Å². The topological polar surface area (TPSA) is 75.7 Å². The van der Waals surface area contributed by atoms with Crippen molar-refractivity contribution in [2.24, 2.45) is 0 Å². The van der Waals surface area contributed by atoms with E-state index in [-0.39, 0.29) is 10.8 Å². The van der Waals surface area contributed by atoms with Crippen molar-refractivity contribution in [1.82, 2.24) is 9.62 Å². The maximum absolute atomic E-state index is 13.2. The molecule has 0 spiro atoms. The molecule has 0 aliphatic carbocycles. The van der Waals surface area contributed by atoms with Gasteiger partial charge in [-0.05, 0) is 60.4 Å². The van der Waals surface area contributed by atoms with E-state index in [1.54, 1.807) is 12.1 Å². The number of nitrogens with zero attached hydrogens (tertiary/aromatic N) is 1. The average molecular weight is 451 g/mol. The Labute approximate surface area is 188 Å². The van der Waals surface area contributed by atoms with Gasteiger partial charge in [-0.1, -0.05) is 42.5 Å². The van der Waals surface area contributed by atoms with Gasteiger partial charge in [0.2, 0.25) is 10.0 Å². The number of hydrogen-bond acceptors (Lipinski definition) is 4. The zero-order valence-corrected chi connectivity index (χ0v) is 18.8. The van der Waals surface area contributed by atoms with E-state index in [4.69, 9.17) is 4.74 Å². The number of carbonyl (C=O) groups is 1. The van der Waals surface area contributed by atoms with Crippen LogP contribution in [0.4, 0.5) is 0 Å². The standard InChI is InChI=1S/C25H26N2O4S/c1-19-6-4-10-23(16-19)31-15-13-26-25(28)21-9-5-11-24(17-21)32(29,30)27-14-12-20-7-2-3-8-22(20)18-27/h2-11,16-17H,12-15,18H2,1H3,(H,26,28). The monoisotopic (exact) mass is 450 g/mol. The van der Waals surface area contributed by atoms with Crippen molar-refractivity contribution in [2.75, 3.05) is 19.7 Å². The van der Waals surface area contributed by atoms with Gasteiger partial charge in [0.05, 0.1) is 11.4 Å². The van der Waals surface area contributed by atoms with Crippen LogP contribution in [0.2, 0.25) is 0 Å². The molecule has 0 atom stereocenters. The Morgan fingerprint density at radius 2 is 1.78 bits per heavy atom. The Hall–Kier alpha value is -3.16. The fraction of sp³-hybridized carbons (Fsp3) is 0.240. The second-order valence-electron chi connectivity index (χ2n) is 7.81. The van der Waals surface area contributed by atoms with E-state index >= 15 is 0 Å². The molecular weight excluding hydrogens is 424 g/mol. The van der Waals surface area contributed by atoms with Crippen molar-refractivity contribution in [3.05, 3.63) is 95.1 Å². The van der Waals surface area contributed by atoms with Gasteiger partial charge >= 0.3 is 0 Å². The van der Waals surface area contributed by atoms with Crippen molar-refractivity contribution in [1.29, 1.82) is 0 Å². The van der Waals surface area contributed by atoms with Crippen molar-refractivity contribution in [3.63, 3.8) is 0 Å². The van der Waals surface area contributed by atoms with Crippen LogP contribution in [0.3, 0.4) is 0 Å². The lowest BCUT2D eigenvalue weighted by molar-refractivity contribution is 0.0946. The SMILES string of the molecule is Cc1cccc(OCCNC(=O)c2cccc(S(=O)(=O)N3CCc4ccccc4C3)c2)c1. The summed E-state index contributed by atoms with van der Waals surface area (Å²) < 4.78 is 33.5. The molecule has 4 rings (SSSR count). The fourth-order valence-corrected chi connectivity index (χ4v) is 5.23. The summed E-state index contributed by atoms with van der Waals surface area (Å²) in [6, 6.07) is 21.8. The summed E-state index contributed by atoms with van der Waals surface area (Å²) in [5.41, 5.74) is 3.60. The summed E-state index contributed by atoms with van der Waals surface area (Å²) in [5.74, 6) is 0.411. The van der Waals surface area contributed by atoms with E-state index in [2.05, 4.69) is 5.32 Å². The second-order valence-corrected chi connectivity index (χ2v) is 9.74. The number of amides is 1. The Bertz CT molecular complexity index is 1220. The van der Waals surface area contributed by atoms with Gasteiger partial charge in [-0.25, -0.2) is 8.42 Å². The Morgan fingerprint density at radius 1 is 1.00 bits per heavy atom. The number of aryl methyl sites for hydroxylation is 1. The Kier molecular flexibility index (Phi) is 6.58. The third-order valence-corrected chi connectivity index (χ3v) is 7.32. The van der Waals surface area contributed by atoms with Crippen LogP contribution in [0, 0.1) is 6.92 Å². The molecule has 7 heteroatoms. The molecule has 0 aromatic heterocycles. The second kappa shape index (κ2) is 9.54. The minimum absolute atomic E-state index is 0.126. The predicted octanol–water partition coefficient (Wildman–Crippen LogP) is 3.55. The highest BCUT2D eigenvalue weighted by molar-refractivity contribution is 7.89. The summed E-state index contributed by atoms with van der Waals surface area (Å²) >= 11 is 0. The molecule has 1 aliphatic rings. The zero-order valence-electron chi connectivity index (χ0n) is 18.0. The summed E-state index contributed by atoms with van der Waals surface area (Å²) in [5, 5.41) is 2.78. The van der Waals surface area contributed by atoms with Crippen LogP contribution in [0.1, 0.15) is 27.0 Å². The van der Waals surface area contributed by atoms with Crippen molar-refractivity contribution in [3.8, 4) is 5.75 Å². The molecule has 0 saturated heterocycles. The summed E-state index contributed by atoms with van der Waals surface area (Å²) in [7, 11) is -3.70. The molecule has 32 heavy (non-hydrogen) atoms. The van der Waals surface area contributed by atoms with Gasteiger partial charge in [-0.15, -0.1) is 0 Å². The van der Waals surface area contributed by atoms with E-state index in [1.807, 2.05) is 55.5 Å². The molecule has 1 N–H and O–H groups in total. The number of benzene rings is 3. The highest BCUT2D eigenvalue weighted by Crippen LogP contribution is 2.25. The van der Waals surface area contributed by atoms with Crippen molar-refractivity contribution >= 4 is 15.9 Å². The lowest BCUT2D eigenvalue weighted by atomic mass is 10.0. The Balaban J connectivity index is 1.38. The molecule has 3 aromatic carbocycles. The lowest BCUT2D eigenvalue weighted by Crippen LogP contribution is -2.36. The minimum atomic E-state index is -3.70. The quantitative estimate of drug-likeness (QED) is 0.559. The van der Waals surface area contributed by atoms with Crippen LogP contribution < -0.4 is 10.1 Å². The first-order valence-electron chi connectivity index (χ1n) is 10.6. The zero-order chi connectivity index (χ0) is 22.6. The van der Waals surface area contributed by atoms with Gasteiger partial charge in [-0.2, -0.15) is 4.31 Å². The lowest BCUT2D eigenvalue weighted by Gasteiger charge is -2.28. The first kappa shape index (κ1) is 22.0. The highest BCUT2D eigenvalue weighted by Gasteiger charge is 2.28. The van der Waals surface area contributed by atoms with E-state index in [1.165, 1.54) is 22.0 Å². The number of fused-ring (bicyclic) bond motifs is 1. The van der Waals surface area contributed by atoms with Crippen molar-refractivity contribution in [2.45, 2.75) is 24.8 Å². The van der Waals surface area contributed by atoms with E-state index in [0.29, 0.717) is 38.2 Å². The fourth-order valence-electron chi connectivity index (χ4n) is 3.76. The number of rotatable bonds is 7. The van der Waals surface area contributed by atoms with Gasteiger partial charge < -0.3 is 10.1 Å². The van der Waals surface area contributed by atoms with Crippen LogP contribution >= 0.6 is 0 Å². The number of nitrogens with one attached hydrogen (secondary N) is 1. The van der Waals surface area contributed by atoms with Gasteiger partial charge in [0.1, 0.15) is 12.4 Å². The van der Waals surface area contributed by atoms with Gasteiger partial charge in [-0.3, -0.25) is 4.79 Å². The first-order valence-corrected chi connectivity index (χ1v) is 12.0. The first-order chi connectivity index (χ1) is 15.4. The molecule has 0 fully saturated rings. The van der Waals surface area contributed by atoms with Gasteiger partial charge in [0.25, 0.3) is 5.91 Å². The maximum Gasteiger partial charge on any atom is 0.251 e. The number of sulfonamides is 1. The number of hydrogen-bond donors (Lipinski definition) is 1. The Morgan fingerprint density at radius 3 is 2.59 bits per heavy atom. The van der Waals surface area contributed by atoms with E-state index in [0.717, 1.165) is 16.9 Å². The normalized spacial score (nSPS) is 13.9. The summed E-state index contributed by atoms with van der Waals surface area (Å²) in [6.07, 6.45) is 0.677. The third kappa shape index (κ3) is 5.00. The predicted molar refractivity (Wildman–Crippen MR) is 123 cm³/mol. The van der Waals surface area contributed by atoms with Crippen LogP contribution in [-0.4, -0.2) is 38.3 Å². The molecule has 3 aromatic rings.